The maximum Gasteiger partial charge on any atom is 0.223 e. The minimum absolute atomic E-state index is 0.00504. The number of halogens is 1. The van der Waals surface area contributed by atoms with Crippen LogP contribution in [0.4, 0.5) is 0 Å². The van der Waals surface area contributed by atoms with Gasteiger partial charge in [-0.3, -0.25) is 4.79 Å². The van der Waals surface area contributed by atoms with Gasteiger partial charge >= 0.3 is 0 Å². The molecule has 0 saturated carbocycles. The van der Waals surface area contributed by atoms with Crippen molar-refractivity contribution in [2.75, 3.05) is 7.05 Å². The first-order valence-corrected chi connectivity index (χ1v) is 8.37. The van der Waals surface area contributed by atoms with E-state index < -0.39 is 0 Å². The molecule has 4 nitrogen and oxygen atoms in total. The van der Waals surface area contributed by atoms with Crippen LogP contribution >= 0.6 is 11.6 Å². The van der Waals surface area contributed by atoms with Crippen LogP contribution < -0.4 is 0 Å². The Balaban J connectivity index is 1.62. The molecule has 0 aliphatic carbocycles. The van der Waals surface area contributed by atoms with Gasteiger partial charge in [0.2, 0.25) is 5.91 Å². The van der Waals surface area contributed by atoms with Crippen LogP contribution in [0.1, 0.15) is 30.8 Å². The summed E-state index contributed by atoms with van der Waals surface area (Å²) in [4.78, 5) is 22.0. The maximum atomic E-state index is 12.5. The number of nitrogens with one attached hydrogen (secondary N) is 1. The fourth-order valence-corrected chi connectivity index (χ4v) is 2.83. The number of imidazole rings is 1. The van der Waals surface area contributed by atoms with E-state index in [1.54, 1.807) is 4.90 Å². The van der Waals surface area contributed by atoms with Crippen molar-refractivity contribution in [2.45, 2.75) is 25.8 Å². The summed E-state index contributed by atoms with van der Waals surface area (Å²) < 4.78 is 0. The Morgan fingerprint density at radius 3 is 2.62 bits per heavy atom. The van der Waals surface area contributed by atoms with Gasteiger partial charge in [-0.1, -0.05) is 35.9 Å². The molecule has 3 rings (SSSR count). The van der Waals surface area contributed by atoms with Crippen LogP contribution in [-0.2, 0) is 11.2 Å². The van der Waals surface area contributed by atoms with Gasteiger partial charge in [-0.15, -0.1) is 0 Å². The number of aromatic amines is 1. The van der Waals surface area contributed by atoms with E-state index in [4.69, 9.17) is 11.6 Å². The molecule has 0 spiro atoms. The van der Waals surface area contributed by atoms with E-state index in [1.807, 2.05) is 62.5 Å². The molecule has 2 aromatic carbocycles. The predicted octanol–water partition coefficient (Wildman–Crippen LogP) is 4.37. The topological polar surface area (TPSA) is 49.0 Å². The number of H-pyrrole nitrogens is 1. The number of aryl methyl sites for hydroxylation is 1. The summed E-state index contributed by atoms with van der Waals surface area (Å²) in [5.41, 5.74) is 3.00. The molecule has 124 valence electrons. The second-order valence-corrected chi connectivity index (χ2v) is 6.37. The van der Waals surface area contributed by atoms with Crippen molar-refractivity contribution in [2.24, 2.45) is 0 Å². The number of hydrogen-bond donors (Lipinski definition) is 1. The lowest BCUT2D eigenvalue weighted by Gasteiger charge is -2.25. The fraction of sp³-hybridized carbons (Fsp3) is 0.263. The first kappa shape index (κ1) is 16.5. The molecule has 0 fully saturated rings. The van der Waals surface area contributed by atoms with Crippen LogP contribution in [0.25, 0.3) is 11.0 Å². The summed E-state index contributed by atoms with van der Waals surface area (Å²) in [7, 11) is 1.83. The normalized spacial score (nSPS) is 12.3. The van der Waals surface area contributed by atoms with Crippen molar-refractivity contribution in [3.63, 3.8) is 0 Å². The van der Waals surface area contributed by atoms with Gasteiger partial charge in [0.15, 0.2) is 0 Å². The Bertz CT molecular complexity index is 808. The first-order chi connectivity index (χ1) is 11.5. The first-order valence-electron chi connectivity index (χ1n) is 7.99. The molecule has 1 unspecified atom stereocenters. The van der Waals surface area contributed by atoms with Crippen LogP contribution in [0.2, 0.25) is 5.02 Å². The van der Waals surface area contributed by atoms with Crippen LogP contribution in [0.15, 0.2) is 48.5 Å². The number of para-hydroxylation sites is 2. The van der Waals surface area contributed by atoms with Crippen molar-refractivity contribution >= 4 is 28.5 Å². The van der Waals surface area contributed by atoms with Gasteiger partial charge in [-0.05, 0) is 36.8 Å². The van der Waals surface area contributed by atoms with E-state index in [9.17, 15) is 4.79 Å². The number of hydrogen-bond acceptors (Lipinski definition) is 2. The molecule has 1 atom stereocenters. The summed E-state index contributed by atoms with van der Waals surface area (Å²) in [6.07, 6.45) is 1.03. The standard InChI is InChI=1S/C19H20ClN3O/c1-13(14-7-9-15(20)10-8-14)23(2)19(24)12-11-18-21-16-5-3-4-6-17(16)22-18/h3-10,13H,11-12H2,1-2H3,(H,21,22). The van der Waals surface area contributed by atoms with Crippen LogP contribution in [0.5, 0.6) is 0 Å². The van der Waals surface area contributed by atoms with E-state index in [0.717, 1.165) is 22.4 Å². The minimum Gasteiger partial charge on any atom is -0.342 e. The van der Waals surface area contributed by atoms with Gasteiger partial charge in [-0.25, -0.2) is 4.98 Å². The lowest BCUT2D eigenvalue weighted by atomic mass is 10.1. The van der Waals surface area contributed by atoms with Crippen molar-refractivity contribution in [1.29, 1.82) is 0 Å². The molecule has 3 aromatic rings. The molecule has 0 aliphatic heterocycles. The van der Waals surface area contributed by atoms with Crippen molar-refractivity contribution in [3.05, 3.63) is 64.9 Å². The second kappa shape index (κ2) is 7.05. The number of aromatic nitrogens is 2. The van der Waals surface area contributed by atoms with Crippen molar-refractivity contribution in [1.82, 2.24) is 14.9 Å². The highest BCUT2D eigenvalue weighted by molar-refractivity contribution is 6.30. The summed E-state index contributed by atoms with van der Waals surface area (Å²) in [5.74, 6) is 0.940. The smallest absolute Gasteiger partial charge is 0.223 e. The second-order valence-electron chi connectivity index (χ2n) is 5.93. The number of rotatable bonds is 5. The fourth-order valence-electron chi connectivity index (χ4n) is 2.71. The predicted molar refractivity (Wildman–Crippen MR) is 97.1 cm³/mol. The van der Waals surface area contributed by atoms with Crippen LogP contribution in [-0.4, -0.2) is 27.8 Å². The Labute approximate surface area is 146 Å². The number of carbonyl (C=O) groups is 1. The zero-order valence-electron chi connectivity index (χ0n) is 13.8. The molecule has 0 saturated heterocycles. The quantitative estimate of drug-likeness (QED) is 0.749. The molecule has 1 N–H and O–H groups in total. The van der Waals surface area contributed by atoms with E-state index in [-0.39, 0.29) is 11.9 Å². The summed E-state index contributed by atoms with van der Waals surface area (Å²) in [6.45, 7) is 2.02. The van der Waals surface area contributed by atoms with Gasteiger partial charge in [0.1, 0.15) is 5.82 Å². The summed E-state index contributed by atoms with van der Waals surface area (Å²) in [5, 5.41) is 0.699. The molecule has 1 aromatic heterocycles. The van der Waals surface area contributed by atoms with E-state index in [1.165, 1.54) is 0 Å². The Hall–Kier alpha value is -2.33. The zero-order chi connectivity index (χ0) is 17.1. The lowest BCUT2D eigenvalue weighted by Crippen LogP contribution is -2.29. The molecule has 0 bridgehead atoms. The largest absolute Gasteiger partial charge is 0.342 e. The number of amides is 1. The van der Waals surface area contributed by atoms with Gasteiger partial charge in [0.25, 0.3) is 0 Å². The average molecular weight is 342 g/mol. The molecule has 1 amide bonds. The molecular weight excluding hydrogens is 322 g/mol. The van der Waals surface area contributed by atoms with E-state index in [0.29, 0.717) is 17.9 Å². The SMILES string of the molecule is CC(c1ccc(Cl)cc1)N(C)C(=O)CCc1nc2ccccc2[nH]1. The maximum absolute atomic E-state index is 12.5. The molecule has 1 heterocycles. The zero-order valence-corrected chi connectivity index (χ0v) is 14.5. The lowest BCUT2D eigenvalue weighted by molar-refractivity contribution is -0.131. The van der Waals surface area contributed by atoms with Gasteiger partial charge in [0.05, 0.1) is 17.1 Å². The van der Waals surface area contributed by atoms with E-state index >= 15 is 0 Å². The van der Waals surface area contributed by atoms with Gasteiger partial charge in [0, 0.05) is 24.9 Å². The third kappa shape index (κ3) is 3.60. The van der Waals surface area contributed by atoms with E-state index in [2.05, 4.69) is 9.97 Å². The van der Waals surface area contributed by atoms with Crippen molar-refractivity contribution in [3.8, 4) is 0 Å². The summed E-state index contributed by atoms with van der Waals surface area (Å²) in [6, 6.07) is 15.5. The minimum atomic E-state index is 0.00504. The average Bonchev–Trinajstić information content (AvgIpc) is 3.02. The van der Waals surface area contributed by atoms with Gasteiger partial charge < -0.3 is 9.88 Å². The van der Waals surface area contributed by atoms with Crippen LogP contribution in [0.3, 0.4) is 0 Å². The van der Waals surface area contributed by atoms with Crippen LogP contribution in [0, 0.1) is 0 Å². The molecule has 0 radical (unpaired) electrons. The number of benzene rings is 2. The molecule has 0 aliphatic rings. The number of nitrogens with zero attached hydrogens (tertiary/aromatic N) is 2. The monoisotopic (exact) mass is 341 g/mol. The summed E-state index contributed by atoms with van der Waals surface area (Å²) >= 11 is 5.92. The third-order valence-electron chi connectivity index (χ3n) is 4.34. The number of carbonyl (C=O) groups excluding carboxylic acids is 1. The highest BCUT2D eigenvalue weighted by atomic mass is 35.5. The Morgan fingerprint density at radius 1 is 1.21 bits per heavy atom. The third-order valence-corrected chi connectivity index (χ3v) is 4.59. The highest BCUT2D eigenvalue weighted by Gasteiger charge is 2.17. The molecule has 24 heavy (non-hydrogen) atoms. The molecular formula is C19H20ClN3O. The highest BCUT2D eigenvalue weighted by Crippen LogP contribution is 2.21. The van der Waals surface area contributed by atoms with Gasteiger partial charge in [-0.2, -0.15) is 0 Å². The van der Waals surface area contributed by atoms with Crippen molar-refractivity contribution < 1.29 is 4.79 Å². The number of fused-ring (bicyclic) bond motifs is 1. The Kier molecular flexibility index (Phi) is 4.86. The molecule has 5 heteroatoms. The Morgan fingerprint density at radius 2 is 1.92 bits per heavy atom.